The van der Waals surface area contributed by atoms with Crippen LogP contribution in [0.5, 0.6) is 0 Å². The fraction of sp³-hybridized carbons (Fsp3) is 0.588. The predicted molar refractivity (Wildman–Crippen MR) is 81.4 cm³/mol. The van der Waals surface area contributed by atoms with Gasteiger partial charge in [-0.15, -0.1) is 0 Å². The van der Waals surface area contributed by atoms with Gasteiger partial charge in [0.1, 0.15) is 0 Å². The maximum absolute atomic E-state index is 10.7. The fourth-order valence-corrected chi connectivity index (χ4v) is 3.33. The first-order chi connectivity index (χ1) is 9.52. The molecule has 20 heavy (non-hydrogen) atoms. The molecule has 0 aromatic heterocycles. The van der Waals surface area contributed by atoms with Crippen molar-refractivity contribution in [3.63, 3.8) is 0 Å². The number of halogens is 1. The molecule has 1 aliphatic rings. The van der Waals surface area contributed by atoms with E-state index in [0.717, 1.165) is 43.2 Å². The minimum absolute atomic E-state index is 0.649. The van der Waals surface area contributed by atoms with Gasteiger partial charge in [0.05, 0.1) is 17.6 Å². The zero-order valence-electron chi connectivity index (χ0n) is 12.2. The second-order valence-corrected chi connectivity index (χ2v) is 6.44. The third kappa shape index (κ3) is 2.85. The van der Waals surface area contributed by atoms with Gasteiger partial charge in [0.15, 0.2) is 0 Å². The van der Waals surface area contributed by atoms with Crippen molar-refractivity contribution in [3.05, 3.63) is 34.3 Å². The van der Waals surface area contributed by atoms with E-state index in [1.807, 2.05) is 19.1 Å². The molecule has 0 radical (unpaired) electrons. The summed E-state index contributed by atoms with van der Waals surface area (Å²) in [7, 11) is 0. The number of rotatable bonds is 3. The summed E-state index contributed by atoms with van der Waals surface area (Å²) in [6.45, 7) is 4.13. The van der Waals surface area contributed by atoms with Crippen molar-refractivity contribution < 1.29 is 5.11 Å². The van der Waals surface area contributed by atoms with Crippen LogP contribution in [0.15, 0.2) is 18.2 Å². The first-order valence-corrected chi connectivity index (χ1v) is 7.75. The minimum Gasteiger partial charge on any atom is -0.387 e. The molecule has 3 heteroatoms. The van der Waals surface area contributed by atoms with E-state index in [1.54, 1.807) is 6.07 Å². The van der Waals surface area contributed by atoms with Gasteiger partial charge in [0.2, 0.25) is 0 Å². The Kier molecular flexibility index (Phi) is 4.73. The van der Waals surface area contributed by atoms with Crippen LogP contribution in [-0.4, -0.2) is 5.11 Å². The maximum atomic E-state index is 10.7. The molecule has 1 aromatic rings. The second-order valence-electron chi connectivity index (χ2n) is 6.03. The highest BCUT2D eigenvalue weighted by Gasteiger charge is 2.42. The van der Waals surface area contributed by atoms with Gasteiger partial charge in [-0.2, -0.15) is 5.26 Å². The summed E-state index contributed by atoms with van der Waals surface area (Å²) in [4.78, 5) is 0. The predicted octanol–water partition coefficient (Wildman–Crippen LogP) is 4.79. The Labute approximate surface area is 126 Å². The van der Waals surface area contributed by atoms with Gasteiger partial charge in [-0.25, -0.2) is 0 Å². The van der Waals surface area contributed by atoms with Gasteiger partial charge in [0.25, 0.3) is 0 Å². The Hall–Kier alpha value is -1.04. The highest BCUT2D eigenvalue weighted by atomic mass is 35.5. The number of benzene rings is 1. The molecule has 0 aliphatic heterocycles. The smallest absolute Gasteiger partial charge is 0.0976 e. The van der Waals surface area contributed by atoms with Gasteiger partial charge >= 0.3 is 0 Å². The van der Waals surface area contributed by atoms with Crippen molar-refractivity contribution in [2.45, 2.75) is 52.1 Å². The zero-order chi connectivity index (χ0) is 14.8. The Balaban J connectivity index is 2.23. The molecule has 0 amide bonds. The van der Waals surface area contributed by atoms with Crippen molar-refractivity contribution in [2.24, 2.45) is 11.3 Å². The molecule has 0 bridgehead atoms. The molecule has 1 N–H and O–H groups in total. The molecule has 2 rings (SSSR count). The third-order valence-corrected chi connectivity index (χ3v) is 5.24. The molecular weight excluding hydrogens is 270 g/mol. The van der Waals surface area contributed by atoms with Gasteiger partial charge in [-0.05, 0) is 55.7 Å². The lowest BCUT2D eigenvalue weighted by Crippen LogP contribution is -2.32. The van der Waals surface area contributed by atoms with Crippen molar-refractivity contribution in [1.82, 2.24) is 0 Å². The van der Waals surface area contributed by atoms with Gasteiger partial charge < -0.3 is 5.11 Å². The van der Waals surface area contributed by atoms with E-state index in [0.29, 0.717) is 10.9 Å². The number of aryl methyl sites for hydroxylation is 1. The second kappa shape index (κ2) is 6.16. The molecule has 0 saturated heterocycles. The Morgan fingerprint density at radius 2 is 2.10 bits per heavy atom. The van der Waals surface area contributed by atoms with Gasteiger partial charge in [-0.3, -0.25) is 0 Å². The zero-order valence-corrected chi connectivity index (χ0v) is 13.0. The number of hydrogen-bond donors (Lipinski definition) is 1. The summed E-state index contributed by atoms with van der Waals surface area (Å²) in [5.41, 5.74) is 1.10. The van der Waals surface area contributed by atoms with E-state index in [-0.39, 0.29) is 0 Å². The topological polar surface area (TPSA) is 44.0 Å². The number of nitrogens with zero attached hydrogens (tertiary/aromatic N) is 1. The number of hydrogen-bond acceptors (Lipinski definition) is 2. The van der Waals surface area contributed by atoms with Crippen LogP contribution in [0.3, 0.4) is 0 Å². The standard InChI is InChI=1S/C17H22ClNO/c1-3-13-6-8-17(11-19,9-7-13)16(20)14-5-4-12(2)15(18)10-14/h4-5,10,13,16,20H,3,6-9H2,1-2H3. The van der Waals surface area contributed by atoms with Gasteiger partial charge in [0, 0.05) is 5.02 Å². The molecule has 108 valence electrons. The lowest BCUT2D eigenvalue weighted by atomic mass is 9.66. The first kappa shape index (κ1) is 15.4. The fourth-order valence-electron chi connectivity index (χ4n) is 3.15. The monoisotopic (exact) mass is 291 g/mol. The Morgan fingerprint density at radius 3 is 2.60 bits per heavy atom. The highest BCUT2D eigenvalue weighted by Crippen LogP contribution is 2.48. The van der Waals surface area contributed by atoms with Crippen LogP contribution in [0.25, 0.3) is 0 Å². The third-order valence-electron chi connectivity index (χ3n) is 4.83. The number of aliphatic hydroxyl groups is 1. The van der Waals surface area contributed by atoms with E-state index in [9.17, 15) is 10.4 Å². The molecule has 1 fully saturated rings. The van der Waals surface area contributed by atoms with Crippen molar-refractivity contribution >= 4 is 11.6 Å². The van der Waals surface area contributed by atoms with E-state index in [1.165, 1.54) is 0 Å². The Morgan fingerprint density at radius 1 is 1.45 bits per heavy atom. The van der Waals surface area contributed by atoms with E-state index in [4.69, 9.17) is 11.6 Å². The van der Waals surface area contributed by atoms with Crippen LogP contribution in [0.2, 0.25) is 5.02 Å². The molecule has 1 saturated carbocycles. The van der Waals surface area contributed by atoms with E-state index < -0.39 is 11.5 Å². The van der Waals surface area contributed by atoms with Crippen LogP contribution in [0.4, 0.5) is 0 Å². The lowest BCUT2D eigenvalue weighted by Gasteiger charge is -2.38. The van der Waals surface area contributed by atoms with E-state index >= 15 is 0 Å². The summed E-state index contributed by atoms with van der Waals surface area (Å²) in [6, 6.07) is 7.99. The molecule has 1 aromatic carbocycles. The molecule has 1 aliphatic carbocycles. The average Bonchev–Trinajstić information content (AvgIpc) is 2.49. The molecule has 1 atom stereocenters. The van der Waals surface area contributed by atoms with Crippen molar-refractivity contribution in [3.8, 4) is 6.07 Å². The van der Waals surface area contributed by atoms with Crippen LogP contribution in [-0.2, 0) is 0 Å². The minimum atomic E-state index is -0.747. The maximum Gasteiger partial charge on any atom is 0.0976 e. The summed E-state index contributed by atoms with van der Waals surface area (Å²) >= 11 is 6.14. The molecular formula is C17H22ClNO. The average molecular weight is 292 g/mol. The van der Waals surface area contributed by atoms with Crippen LogP contribution in [0, 0.1) is 29.6 Å². The van der Waals surface area contributed by atoms with Crippen LogP contribution in [0.1, 0.15) is 56.3 Å². The largest absolute Gasteiger partial charge is 0.387 e. The molecule has 0 spiro atoms. The number of nitriles is 1. The van der Waals surface area contributed by atoms with Crippen molar-refractivity contribution in [2.75, 3.05) is 0 Å². The Bertz CT molecular complexity index is 512. The normalized spacial score (nSPS) is 27.9. The van der Waals surface area contributed by atoms with Gasteiger partial charge in [-0.1, -0.05) is 37.1 Å². The molecule has 0 heterocycles. The number of aliphatic hydroxyl groups excluding tert-OH is 1. The van der Waals surface area contributed by atoms with Crippen LogP contribution < -0.4 is 0 Å². The summed E-state index contributed by atoms with van der Waals surface area (Å²) in [5, 5.41) is 21.0. The first-order valence-electron chi connectivity index (χ1n) is 7.38. The van der Waals surface area contributed by atoms with E-state index in [2.05, 4.69) is 13.0 Å². The van der Waals surface area contributed by atoms with Crippen LogP contribution >= 0.6 is 11.6 Å². The quantitative estimate of drug-likeness (QED) is 0.870. The summed E-state index contributed by atoms with van der Waals surface area (Å²) < 4.78 is 0. The highest BCUT2D eigenvalue weighted by molar-refractivity contribution is 6.31. The molecule has 1 unspecified atom stereocenters. The summed E-state index contributed by atoms with van der Waals surface area (Å²) in [6.07, 6.45) is 4.02. The lowest BCUT2D eigenvalue weighted by molar-refractivity contribution is 0.0243. The van der Waals surface area contributed by atoms with Crippen molar-refractivity contribution in [1.29, 1.82) is 5.26 Å². The summed E-state index contributed by atoms with van der Waals surface area (Å²) in [5.74, 6) is 0.699. The SMILES string of the molecule is CCC1CCC(C#N)(C(O)c2ccc(C)c(Cl)c2)CC1. The molecule has 2 nitrogen and oxygen atoms in total.